The molecule has 0 aliphatic carbocycles. The van der Waals surface area contributed by atoms with Crippen molar-refractivity contribution >= 4 is 11.8 Å². The Morgan fingerprint density at radius 1 is 0.913 bits per heavy atom. The zero-order chi connectivity index (χ0) is 16.7. The van der Waals surface area contributed by atoms with Crippen molar-refractivity contribution in [2.45, 2.75) is 46.0 Å². The summed E-state index contributed by atoms with van der Waals surface area (Å²) in [5, 5.41) is 0.672. The number of aromatic nitrogens is 2. The highest BCUT2D eigenvalue weighted by atomic mass is 32.2. The quantitative estimate of drug-likeness (QED) is 0.724. The third-order valence-electron chi connectivity index (χ3n) is 3.52. The molecular weight excluding hydrogens is 302 g/mol. The molecule has 0 radical (unpaired) electrons. The number of pyridine rings is 2. The van der Waals surface area contributed by atoms with E-state index in [4.69, 9.17) is 0 Å². The van der Waals surface area contributed by atoms with Gasteiger partial charge in [-0.15, -0.1) is 0 Å². The van der Waals surface area contributed by atoms with E-state index in [9.17, 15) is 0 Å². The lowest BCUT2D eigenvalue weighted by molar-refractivity contribution is 0.267. The molecule has 4 heteroatoms. The Kier molecular flexibility index (Phi) is 7.06. The van der Waals surface area contributed by atoms with Gasteiger partial charge in [0.25, 0.3) is 0 Å². The molecule has 0 aromatic carbocycles. The molecule has 0 bridgehead atoms. The number of nitrogens with zero attached hydrogens (tertiary/aromatic N) is 3. The second kappa shape index (κ2) is 9.04. The van der Waals surface area contributed by atoms with E-state index in [1.165, 1.54) is 0 Å². The van der Waals surface area contributed by atoms with E-state index < -0.39 is 0 Å². The number of hydrogen-bond donors (Lipinski definition) is 0. The molecule has 0 unspecified atom stereocenters. The largest absolute Gasteiger partial charge is 0.291 e. The summed E-state index contributed by atoms with van der Waals surface area (Å²) in [5.74, 6) is 1.13. The molecule has 23 heavy (non-hydrogen) atoms. The standard InChI is InChI=1S/C19H27N3S/c1-15(2)23-12-11-22(13-18-9-5-7-16(3)20-18)14-19-10-6-8-17(4)21-19/h5-10,15H,11-14H2,1-4H3. The molecule has 0 atom stereocenters. The lowest BCUT2D eigenvalue weighted by atomic mass is 10.2. The van der Waals surface area contributed by atoms with Crippen molar-refractivity contribution in [3.8, 4) is 0 Å². The summed E-state index contributed by atoms with van der Waals surface area (Å²) in [6.07, 6.45) is 0. The maximum atomic E-state index is 4.65. The molecule has 0 saturated heterocycles. The summed E-state index contributed by atoms with van der Waals surface area (Å²) in [5.41, 5.74) is 4.42. The van der Waals surface area contributed by atoms with E-state index in [1.54, 1.807) is 0 Å². The first-order valence-electron chi connectivity index (χ1n) is 8.22. The van der Waals surface area contributed by atoms with Crippen LogP contribution >= 0.6 is 11.8 Å². The molecule has 0 spiro atoms. The van der Waals surface area contributed by atoms with Crippen molar-refractivity contribution in [2.75, 3.05) is 12.3 Å². The average Bonchev–Trinajstić information content (AvgIpc) is 2.46. The minimum Gasteiger partial charge on any atom is -0.291 e. The van der Waals surface area contributed by atoms with Crippen LogP contribution in [0, 0.1) is 13.8 Å². The fraction of sp³-hybridized carbons (Fsp3) is 0.474. The summed E-state index contributed by atoms with van der Waals surface area (Å²) in [7, 11) is 0. The number of rotatable bonds is 8. The number of thioether (sulfide) groups is 1. The summed E-state index contributed by atoms with van der Waals surface area (Å²) >= 11 is 2.00. The Hall–Kier alpha value is -1.39. The van der Waals surface area contributed by atoms with Gasteiger partial charge >= 0.3 is 0 Å². The smallest absolute Gasteiger partial charge is 0.0547 e. The van der Waals surface area contributed by atoms with E-state index in [-0.39, 0.29) is 0 Å². The lowest BCUT2D eigenvalue weighted by Crippen LogP contribution is -2.26. The van der Waals surface area contributed by atoms with E-state index in [2.05, 4.69) is 53.0 Å². The van der Waals surface area contributed by atoms with Gasteiger partial charge in [0.2, 0.25) is 0 Å². The molecule has 124 valence electrons. The first-order chi connectivity index (χ1) is 11.0. The zero-order valence-corrected chi connectivity index (χ0v) is 15.4. The lowest BCUT2D eigenvalue weighted by Gasteiger charge is -2.22. The van der Waals surface area contributed by atoms with Crippen molar-refractivity contribution < 1.29 is 0 Å². The van der Waals surface area contributed by atoms with Crippen LogP contribution < -0.4 is 0 Å². The maximum Gasteiger partial charge on any atom is 0.0547 e. The van der Waals surface area contributed by atoms with Crippen molar-refractivity contribution in [3.05, 3.63) is 59.2 Å². The third kappa shape index (κ3) is 6.71. The highest BCUT2D eigenvalue weighted by molar-refractivity contribution is 7.99. The van der Waals surface area contributed by atoms with E-state index in [0.717, 1.165) is 48.2 Å². The number of hydrogen-bond acceptors (Lipinski definition) is 4. The SMILES string of the molecule is Cc1cccc(CN(CCSC(C)C)Cc2cccc(C)n2)n1. The molecule has 0 aliphatic heterocycles. The van der Waals surface area contributed by atoms with Gasteiger partial charge in [-0.3, -0.25) is 14.9 Å². The fourth-order valence-electron chi connectivity index (χ4n) is 2.46. The summed E-state index contributed by atoms with van der Waals surface area (Å²) < 4.78 is 0. The highest BCUT2D eigenvalue weighted by Gasteiger charge is 2.10. The molecule has 0 fully saturated rings. The molecular formula is C19H27N3S. The normalized spacial score (nSPS) is 11.4. The Bertz CT molecular complexity index is 566. The van der Waals surface area contributed by atoms with Crippen LogP contribution in [-0.2, 0) is 13.1 Å². The topological polar surface area (TPSA) is 29.0 Å². The van der Waals surface area contributed by atoms with Gasteiger partial charge in [-0.1, -0.05) is 26.0 Å². The van der Waals surface area contributed by atoms with Gasteiger partial charge in [0.1, 0.15) is 0 Å². The molecule has 2 rings (SSSR count). The fourth-order valence-corrected chi connectivity index (χ4v) is 3.30. The Morgan fingerprint density at radius 2 is 1.43 bits per heavy atom. The van der Waals surface area contributed by atoms with Gasteiger partial charge < -0.3 is 0 Å². The predicted molar refractivity (Wildman–Crippen MR) is 99.7 cm³/mol. The van der Waals surface area contributed by atoms with Crippen LogP contribution in [0.4, 0.5) is 0 Å². The average molecular weight is 330 g/mol. The maximum absolute atomic E-state index is 4.65. The van der Waals surface area contributed by atoms with Gasteiger partial charge in [0.05, 0.1) is 11.4 Å². The van der Waals surface area contributed by atoms with Crippen LogP contribution in [0.25, 0.3) is 0 Å². The van der Waals surface area contributed by atoms with Crippen LogP contribution in [0.2, 0.25) is 0 Å². The monoisotopic (exact) mass is 329 g/mol. The highest BCUT2D eigenvalue weighted by Crippen LogP contribution is 2.13. The summed E-state index contributed by atoms with van der Waals surface area (Å²) in [6, 6.07) is 12.5. The molecule has 0 amide bonds. The molecule has 0 aliphatic rings. The van der Waals surface area contributed by atoms with Crippen molar-refractivity contribution in [3.63, 3.8) is 0 Å². The Balaban J connectivity index is 2.04. The molecule has 3 nitrogen and oxygen atoms in total. The second-order valence-electron chi connectivity index (χ2n) is 6.17. The van der Waals surface area contributed by atoms with Crippen LogP contribution in [-0.4, -0.2) is 32.4 Å². The van der Waals surface area contributed by atoms with Crippen molar-refractivity contribution in [1.29, 1.82) is 0 Å². The van der Waals surface area contributed by atoms with E-state index in [1.807, 2.05) is 37.7 Å². The molecule has 2 aromatic heterocycles. The molecule has 2 aromatic rings. The van der Waals surface area contributed by atoms with Gasteiger partial charge in [-0.25, -0.2) is 0 Å². The summed E-state index contributed by atoms with van der Waals surface area (Å²) in [6.45, 7) is 11.4. The number of aryl methyl sites for hydroxylation is 2. The van der Waals surface area contributed by atoms with Gasteiger partial charge in [-0.05, 0) is 43.4 Å². The predicted octanol–water partition coefficient (Wildman–Crippen LogP) is 4.24. The second-order valence-corrected chi connectivity index (χ2v) is 7.86. The van der Waals surface area contributed by atoms with Crippen LogP contribution in [0.3, 0.4) is 0 Å². The van der Waals surface area contributed by atoms with Crippen molar-refractivity contribution in [1.82, 2.24) is 14.9 Å². The molecule has 0 N–H and O–H groups in total. The van der Waals surface area contributed by atoms with Crippen LogP contribution in [0.1, 0.15) is 36.6 Å². The minimum absolute atomic E-state index is 0.672. The Morgan fingerprint density at radius 3 is 1.87 bits per heavy atom. The first-order valence-corrected chi connectivity index (χ1v) is 9.27. The van der Waals surface area contributed by atoms with Crippen LogP contribution in [0.15, 0.2) is 36.4 Å². The first kappa shape index (κ1) is 18.0. The van der Waals surface area contributed by atoms with Gasteiger partial charge in [0.15, 0.2) is 0 Å². The van der Waals surface area contributed by atoms with Gasteiger partial charge in [0, 0.05) is 36.8 Å². The van der Waals surface area contributed by atoms with Gasteiger partial charge in [-0.2, -0.15) is 11.8 Å². The van der Waals surface area contributed by atoms with E-state index in [0.29, 0.717) is 5.25 Å². The minimum atomic E-state index is 0.672. The summed E-state index contributed by atoms with van der Waals surface area (Å²) in [4.78, 5) is 11.7. The van der Waals surface area contributed by atoms with Crippen molar-refractivity contribution in [2.24, 2.45) is 0 Å². The van der Waals surface area contributed by atoms with E-state index >= 15 is 0 Å². The van der Waals surface area contributed by atoms with Crippen LogP contribution in [0.5, 0.6) is 0 Å². The Labute approximate surface area is 144 Å². The third-order valence-corrected chi connectivity index (χ3v) is 4.61. The zero-order valence-electron chi connectivity index (χ0n) is 14.6. The molecule has 0 saturated carbocycles. The molecule has 2 heterocycles.